The first-order valence-electron chi connectivity index (χ1n) is 23.3. The van der Waals surface area contributed by atoms with Crippen molar-refractivity contribution in [1.29, 1.82) is 0 Å². The van der Waals surface area contributed by atoms with Crippen molar-refractivity contribution in [1.82, 2.24) is 20.6 Å². The molecule has 0 saturated carbocycles. The molecule has 3 atom stereocenters. The van der Waals surface area contributed by atoms with E-state index in [4.69, 9.17) is 15.0 Å². The number of hydrogen-bond donors (Lipinski definition) is 3. The number of anilines is 1. The molecule has 68 heavy (non-hydrogen) atoms. The van der Waals surface area contributed by atoms with Gasteiger partial charge in [-0.1, -0.05) is 188 Å². The van der Waals surface area contributed by atoms with E-state index < -0.39 is 0 Å². The van der Waals surface area contributed by atoms with E-state index in [0.29, 0.717) is 0 Å². The zero-order valence-electron chi connectivity index (χ0n) is 37.0. The van der Waals surface area contributed by atoms with E-state index in [2.05, 4.69) is 234 Å². The Morgan fingerprint density at radius 3 is 2.00 bits per heavy atom. The molecule has 0 fully saturated rings. The van der Waals surface area contributed by atoms with Gasteiger partial charge in [0.25, 0.3) is 0 Å². The van der Waals surface area contributed by atoms with Crippen LogP contribution in [0.4, 0.5) is 5.69 Å². The molecule has 3 aliphatic heterocycles. The zero-order valence-corrected chi connectivity index (χ0v) is 37.0. The van der Waals surface area contributed by atoms with Crippen molar-refractivity contribution in [3.05, 3.63) is 269 Å². The second-order valence-corrected chi connectivity index (χ2v) is 17.8. The highest BCUT2D eigenvalue weighted by Gasteiger charge is 2.24. The van der Waals surface area contributed by atoms with E-state index in [-0.39, 0.29) is 18.2 Å². The molecule has 0 radical (unpaired) electrons. The van der Waals surface area contributed by atoms with Gasteiger partial charge in [0.2, 0.25) is 0 Å². The van der Waals surface area contributed by atoms with Crippen molar-refractivity contribution in [2.45, 2.75) is 18.2 Å². The summed E-state index contributed by atoms with van der Waals surface area (Å²) >= 11 is 0. The molecule has 13 rings (SSSR count). The molecule has 2 aromatic heterocycles. The minimum atomic E-state index is -0.345. The maximum absolute atomic E-state index is 5.27. The highest BCUT2D eigenvalue weighted by molar-refractivity contribution is 6.13. The molecule has 3 N–H and O–H groups in total. The number of pyridine rings is 2. The summed E-state index contributed by atoms with van der Waals surface area (Å²) in [4.78, 5) is 15.7. The van der Waals surface area contributed by atoms with Crippen molar-refractivity contribution < 1.29 is 0 Å². The number of fused-ring (bicyclic) bond motifs is 6. The molecule has 0 amide bonds. The van der Waals surface area contributed by atoms with Crippen LogP contribution in [0.5, 0.6) is 0 Å². The second kappa shape index (κ2) is 16.5. The predicted octanol–water partition coefficient (Wildman–Crippen LogP) is 13.8. The molecule has 5 heterocycles. The van der Waals surface area contributed by atoms with Gasteiger partial charge in [-0.05, 0) is 97.8 Å². The van der Waals surface area contributed by atoms with Gasteiger partial charge in [-0.25, -0.2) is 9.97 Å². The van der Waals surface area contributed by atoms with Crippen LogP contribution < -0.4 is 16.0 Å². The lowest BCUT2D eigenvalue weighted by Crippen LogP contribution is -2.31. The van der Waals surface area contributed by atoms with Crippen LogP contribution in [0, 0.1) is 0 Å². The quantitative estimate of drug-likeness (QED) is 0.149. The van der Waals surface area contributed by atoms with Crippen LogP contribution in [0.1, 0.15) is 51.3 Å². The third-order valence-corrected chi connectivity index (χ3v) is 13.5. The summed E-state index contributed by atoms with van der Waals surface area (Å²) in [6.45, 7) is 0. The van der Waals surface area contributed by atoms with Crippen molar-refractivity contribution in [2.24, 2.45) is 4.99 Å². The molecule has 4 aliphatic rings. The first-order valence-corrected chi connectivity index (χ1v) is 23.3. The Bertz CT molecular complexity index is 3710. The third kappa shape index (κ3) is 7.38. The van der Waals surface area contributed by atoms with Gasteiger partial charge in [0.15, 0.2) is 6.17 Å². The molecule has 0 spiro atoms. The van der Waals surface area contributed by atoms with E-state index in [0.717, 1.165) is 83.8 Å². The standard InChI is InChI=1S/C62H44N6/c1-4-10-39(11-5-1)52-31-28-44-18-19-45-29-32-54(66-61(45)60(44)65-52)50-25-23-46-34-47(21-22-48(46)35-50)49-20-16-42-26-30-53(63-56(42)36-49)51-24-17-43-27-33-55(64-57(43)37-51)62-67-58(40-12-6-2-7-13-40)38-59(68-62)41-14-8-3-9-15-41/h1-38,52,56,62-63,65,67H. The Balaban J connectivity index is 0.747. The average Bonchev–Trinajstić information content (AvgIpc) is 3.42. The Hall–Kier alpha value is -8.87. The molecule has 7 aromatic carbocycles. The largest absolute Gasteiger partial charge is 0.374 e. The molecule has 3 unspecified atom stereocenters. The number of aliphatic imine (C=N–C) groups is 1. The third-order valence-electron chi connectivity index (χ3n) is 13.5. The summed E-state index contributed by atoms with van der Waals surface area (Å²) < 4.78 is 0. The lowest BCUT2D eigenvalue weighted by atomic mass is 9.89. The molecular weight excluding hydrogens is 829 g/mol. The Labute approximate surface area is 394 Å². The molecule has 1 aliphatic carbocycles. The van der Waals surface area contributed by atoms with Gasteiger partial charge in [0, 0.05) is 27.7 Å². The number of nitrogens with zero attached hydrogens (tertiary/aromatic N) is 3. The van der Waals surface area contributed by atoms with Gasteiger partial charge < -0.3 is 16.0 Å². The van der Waals surface area contributed by atoms with Crippen LogP contribution in [0.3, 0.4) is 0 Å². The van der Waals surface area contributed by atoms with E-state index in [1.807, 2.05) is 12.1 Å². The minimum Gasteiger partial charge on any atom is -0.374 e. The van der Waals surface area contributed by atoms with E-state index in [1.54, 1.807) is 0 Å². The van der Waals surface area contributed by atoms with Crippen molar-refractivity contribution in [2.75, 3.05) is 5.32 Å². The van der Waals surface area contributed by atoms with E-state index in [9.17, 15) is 0 Å². The zero-order chi connectivity index (χ0) is 45.0. The van der Waals surface area contributed by atoms with Gasteiger partial charge in [-0.15, -0.1) is 0 Å². The fourth-order valence-electron chi connectivity index (χ4n) is 9.85. The maximum Gasteiger partial charge on any atom is 0.162 e. The lowest BCUT2D eigenvalue weighted by Gasteiger charge is -2.27. The summed E-state index contributed by atoms with van der Waals surface area (Å²) in [5, 5.41) is 15.9. The number of allylic oxidation sites excluding steroid dienone is 5. The molecule has 6 nitrogen and oxygen atoms in total. The van der Waals surface area contributed by atoms with Crippen LogP contribution in [-0.2, 0) is 0 Å². The Morgan fingerprint density at radius 2 is 1.16 bits per heavy atom. The van der Waals surface area contributed by atoms with Crippen LogP contribution >= 0.6 is 0 Å². The molecule has 322 valence electrons. The highest BCUT2D eigenvalue weighted by Crippen LogP contribution is 2.38. The summed E-state index contributed by atoms with van der Waals surface area (Å²) in [5.74, 6) is 0. The van der Waals surface area contributed by atoms with Gasteiger partial charge in [0.1, 0.15) is 0 Å². The summed E-state index contributed by atoms with van der Waals surface area (Å²) in [6.07, 6.45) is 17.4. The first-order chi connectivity index (χ1) is 33.6. The topological polar surface area (TPSA) is 74.2 Å². The number of aromatic nitrogens is 2. The maximum atomic E-state index is 5.27. The SMILES string of the molecule is C1=CC2=CC=C(c3ccc4ccc(C5N=C(c6ccccc6)C=C(c6ccccc6)N5)nc4c3)NC2C=C1c1ccc2cc(-c3ccc4ccc5c(c4n3)NC(c3ccccc3)C=C5)ccc2c1. The predicted molar refractivity (Wildman–Crippen MR) is 282 cm³/mol. The summed E-state index contributed by atoms with van der Waals surface area (Å²) in [5.41, 5.74) is 18.2. The van der Waals surface area contributed by atoms with Crippen LogP contribution in [0.15, 0.2) is 235 Å². The number of hydrogen-bond acceptors (Lipinski definition) is 6. The molecule has 9 aromatic rings. The average molecular weight is 873 g/mol. The fourth-order valence-corrected chi connectivity index (χ4v) is 9.85. The lowest BCUT2D eigenvalue weighted by molar-refractivity contribution is 0.646. The van der Waals surface area contributed by atoms with Crippen LogP contribution in [0.2, 0.25) is 0 Å². The molecule has 0 saturated heterocycles. The van der Waals surface area contributed by atoms with Crippen molar-refractivity contribution in [3.63, 3.8) is 0 Å². The number of dihydropyridines is 1. The van der Waals surface area contributed by atoms with E-state index in [1.165, 1.54) is 33.0 Å². The first kappa shape index (κ1) is 39.5. The molecule has 0 bridgehead atoms. The van der Waals surface area contributed by atoms with Gasteiger partial charge in [-0.3, -0.25) is 4.99 Å². The summed E-state index contributed by atoms with van der Waals surface area (Å²) in [7, 11) is 0. The van der Waals surface area contributed by atoms with Gasteiger partial charge in [-0.2, -0.15) is 0 Å². The van der Waals surface area contributed by atoms with Gasteiger partial charge in [0.05, 0.1) is 45.9 Å². The summed E-state index contributed by atoms with van der Waals surface area (Å²) in [6, 6.07) is 64.3. The smallest absolute Gasteiger partial charge is 0.162 e. The minimum absolute atomic E-state index is 0.0288. The monoisotopic (exact) mass is 872 g/mol. The number of rotatable bonds is 7. The van der Waals surface area contributed by atoms with Gasteiger partial charge >= 0.3 is 0 Å². The number of benzene rings is 7. The Kier molecular flexibility index (Phi) is 9.60. The van der Waals surface area contributed by atoms with E-state index >= 15 is 0 Å². The van der Waals surface area contributed by atoms with Crippen molar-refractivity contribution in [3.8, 4) is 11.3 Å². The van der Waals surface area contributed by atoms with Crippen molar-refractivity contribution >= 4 is 67.0 Å². The molecular formula is C62H44N6. The fraction of sp³-hybridized carbons (Fsp3) is 0.0484. The normalized spacial score (nSPS) is 18.2. The number of nitrogens with one attached hydrogen (secondary N) is 3. The highest BCUT2D eigenvalue weighted by atomic mass is 15.1. The van der Waals surface area contributed by atoms with Crippen LogP contribution in [-0.4, -0.2) is 21.7 Å². The second-order valence-electron chi connectivity index (χ2n) is 17.8. The Morgan fingerprint density at radius 1 is 0.456 bits per heavy atom. The van der Waals surface area contributed by atoms with Crippen LogP contribution in [0.25, 0.3) is 66.9 Å². The molecule has 6 heteroatoms.